The van der Waals surface area contributed by atoms with Crippen LogP contribution in [0.25, 0.3) is 17.0 Å². The number of nitrogens with zero attached hydrogens (tertiary/aromatic N) is 4. The van der Waals surface area contributed by atoms with Crippen molar-refractivity contribution in [3.63, 3.8) is 0 Å². The zero-order valence-corrected chi connectivity index (χ0v) is 11.1. The minimum absolute atomic E-state index is 0.0273. The van der Waals surface area contributed by atoms with Crippen LogP contribution in [0.3, 0.4) is 0 Å². The maximum absolute atomic E-state index is 12.4. The van der Waals surface area contributed by atoms with Gasteiger partial charge < -0.3 is 4.57 Å². The molecule has 0 aliphatic heterocycles. The first-order valence-corrected chi connectivity index (χ1v) is 6.05. The first-order chi connectivity index (χ1) is 9.09. The van der Waals surface area contributed by atoms with E-state index in [0.29, 0.717) is 17.0 Å². The number of hydrogen-bond acceptors (Lipinski definition) is 3. The monoisotopic (exact) mass is 254 g/mol. The Morgan fingerprint density at radius 1 is 1.16 bits per heavy atom. The van der Waals surface area contributed by atoms with E-state index in [-0.39, 0.29) is 5.56 Å². The summed E-state index contributed by atoms with van der Waals surface area (Å²) in [6.07, 6.45) is 5.22. The van der Waals surface area contributed by atoms with Crippen LogP contribution in [-0.2, 0) is 7.05 Å². The van der Waals surface area contributed by atoms with E-state index in [9.17, 15) is 4.79 Å². The fourth-order valence-corrected chi connectivity index (χ4v) is 2.19. The van der Waals surface area contributed by atoms with Gasteiger partial charge in [0.15, 0.2) is 0 Å². The second kappa shape index (κ2) is 4.05. The summed E-state index contributed by atoms with van der Waals surface area (Å²) >= 11 is 0. The number of hydrogen-bond donors (Lipinski definition) is 0. The summed E-state index contributed by atoms with van der Waals surface area (Å²) in [6, 6.07) is 3.72. The Balaban J connectivity index is 2.42. The molecule has 5 nitrogen and oxygen atoms in total. The van der Waals surface area contributed by atoms with E-state index in [0.717, 1.165) is 11.3 Å². The molecule has 0 aliphatic carbocycles. The molecular weight excluding hydrogens is 240 g/mol. The fourth-order valence-electron chi connectivity index (χ4n) is 2.19. The molecule has 3 aromatic rings. The van der Waals surface area contributed by atoms with Gasteiger partial charge in [-0.15, -0.1) is 0 Å². The minimum Gasteiger partial charge on any atom is -0.317 e. The van der Waals surface area contributed by atoms with Crippen molar-refractivity contribution in [2.75, 3.05) is 0 Å². The van der Waals surface area contributed by atoms with Crippen molar-refractivity contribution < 1.29 is 0 Å². The number of aryl methyl sites for hydroxylation is 2. The molecule has 0 spiro atoms. The van der Waals surface area contributed by atoms with Gasteiger partial charge in [0.1, 0.15) is 0 Å². The predicted octanol–water partition coefficient (Wildman–Crippen LogP) is 1.71. The third kappa shape index (κ3) is 1.66. The lowest BCUT2D eigenvalue weighted by Crippen LogP contribution is -2.18. The highest BCUT2D eigenvalue weighted by atomic mass is 16.1. The fraction of sp³-hybridized carbons (Fsp3) is 0.214. The highest BCUT2D eigenvalue weighted by molar-refractivity contribution is 5.63. The van der Waals surface area contributed by atoms with Crippen LogP contribution in [0.15, 0.2) is 35.5 Å². The molecule has 0 amide bonds. The summed E-state index contributed by atoms with van der Waals surface area (Å²) in [5, 5.41) is 0. The first-order valence-electron chi connectivity index (χ1n) is 6.05. The molecule has 3 rings (SSSR count). The lowest BCUT2D eigenvalue weighted by Gasteiger charge is -2.06. The lowest BCUT2D eigenvalue weighted by molar-refractivity contribution is 0.881. The molecule has 3 heterocycles. The molecule has 5 heteroatoms. The third-order valence-electron chi connectivity index (χ3n) is 3.42. The molecule has 0 N–H and O–H groups in total. The largest absolute Gasteiger partial charge is 0.317 e. The van der Waals surface area contributed by atoms with Gasteiger partial charge in [-0.3, -0.25) is 14.2 Å². The molecular formula is C14H14N4O. The topological polar surface area (TPSA) is 52.2 Å². The maximum atomic E-state index is 12.4. The van der Waals surface area contributed by atoms with Crippen LogP contribution >= 0.6 is 0 Å². The summed E-state index contributed by atoms with van der Waals surface area (Å²) in [4.78, 5) is 21.0. The molecule has 0 atom stereocenters. The quantitative estimate of drug-likeness (QED) is 0.664. The molecule has 0 radical (unpaired) electrons. The van der Waals surface area contributed by atoms with Gasteiger partial charge in [0, 0.05) is 42.5 Å². The summed E-state index contributed by atoms with van der Waals surface area (Å²) < 4.78 is 3.50. The SMILES string of the molecule is Cc1c(-c2ccncc2)nc2n(C)c(C)cn2c1=O. The standard InChI is InChI=1S/C14H14N4O/c1-9-8-18-13(19)10(2)12(16-14(18)17(9)3)11-4-6-15-7-5-11/h4-8H,1-3H3. The van der Waals surface area contributed by atoms with Crippen molar-refractivity contribution in [1.29, 1.82) is 0 Å². The highest BCUT2D eigenvalue weighted by Gasteiger charge is 2.13. The van der Waals surface area contributed by atoms with Crippen LogP contribution in [0.5, 0.6) is 0 Å². The molecule has 19 heavy (non-hydrogen) atoms. The molecule has 96 valence electrons. The zero-order chi connectivity index (χ0) is 13.6. The van der Waals surface area contributed by atoms with Crippen LogP contribution in [0.2, 0.25) is 0 Å². The molecule has 0 unspecified atom stereocenters. The zero-order valence-electron chi connectivity index (χ0n) is 11.1. The highest BCUT2D eigenvalue weighted by Crippen LogP contribution is 2.19. The first kappa shape index (κ1) is 11.6. The van der Waals surface area contributed by atoms with Crippen molar-refractivity contribution in [2.24, 2.45) is 7.05 Å². The van der Waals surface area contributed by atoms with Gasteiger partial charge in [0.2, 0.25) is 5.78 Å². The van der Waals surface area contributed by atoms with Gasteiger partial charge in [-0.1, -0.05) is 0 Å². The summed E-state index contributed by atoms with van der Waals surface area (Å²) in [7, 11) is 1.91. The number of pyridine rings is 1. The van der Waals surface area contributed by atoms with E-state index in [1.165, 1.54) is 0 Å². The smallest absolute Gasteiger partial charge is 0.262 e. The predicted molar refractivity (Wildman–Crippen MR) is 73.1 cm³/mol. The van der Waals surface area contributed by atoms with Gasteiger partial charge in [0.05, 0.1) is 5.69 Å². The van der Waals surface area contributed by atoms with Gasteiger partial charge in [-0.2, -0.15) is 0 Å². The third-order valence-corrected chi connectivity index (χ3v) is 3.42. The van der Waals surface area contributed by atoms with Gasteiger partial charge >= 0.3 is 0 Å². The van der Waals surface area contributed by atoms with Crippen LogP contribution in [-0.4, -0.2) is 18.9 Å². The van der Waals surface area contributed by atoms with Crippen LogP contribution in [0, 0.1) is 13.8 Å². The lowest BCUT2D eigenvalue weighted by atomic mass is 10.1. The average molecular weight is 254 g/mol. The Morgan fingerprint density at radius 2 is 1.84 bits per heavy atom. The second-order valence-electron chi connectivity index (χ2n) is 4.63. The second-order valence-corrected chi connectivity index (χ2v) is 4.63. The van der Waals surface area contributed by atoms with Gasteiger partial charge in [0.25, 0.3) is 5.56 Å². The van der Waals surface area contributed by atoms with E-state index in [2.05, 4.69) is 9.97 Å². The van der Waals surface area contributed by atoms with E-state index in [4.69, 9.17) is 0 Å². The Morgan fingerprint density at radius 3 is 2.53 bits per heavy atom. The minimum atomic E-state index is -0.0273. The summed E-state index contributed by atoms with van der Waals surface area (Å²) in [5.41, 5.74) is 3.24. The maximum Gasteiger partial charge on any atom is 0.262 e. The number of aromatic nitrogens is 4. The molecule has 0 aromatic carbocycles. The normalized spacial score (nSPS) is 11.1. The van der Waals surface area contributed by atoms with Crippen LogP contribution < -0.4 is 5.56 Å². The van der Waals surface area contributed by atoms with Crippen molar-refractivity contribution in [1.82, 2.24) is 18.9 Å². The van der Waals surface area contributed by atoms with Crippen LogP contribution in [0.4, 0.5) is 0 Å². The van der Waals surface area contributed by atoms with Crippen LogP contribution in [0.1, 0.15) is 11.3 Å². The Labute approximate surface area is 110 Å². The van der Waals surface area contributed by atoms with Crippen molar-refractivity contribution in [3.05, 3.63) is 52.3 Å². The number of imidazole rings is 1. The van der Waals surface area contributed by atoms with E-state index in [1.54, 1.807) is 23.7 Å². The van der Waals surface area contributed by atoms with Crippen molar-refractivity contribution in [2.45, 2.75) is 13.8 Å². The Kier molecular flexibility index (Phi) is 2.48. The van der Waals surface area contributed by atoms with E-state index < -0.39 is 0 Å². The van der Waals surface area contributed by atoms with Gasteiger partial charge in [-0.25, -0.2) is 4.98 Å². The average Bonchev–Trinajstić information content (AvgIpc) is 2.71. The molecule has 0 saturated heterocycles. The van der Waals surface area contributed by atoms with Crippen molar-refractivity contribution >= 4 is 5.78 Å². The number of rotatable bonds is 1. The van der Waals surface area contributed by atoms with E-state index in [1.807, 2.05) is 36.9 Å². The van der Waals surface area contributed by atoms with Gasteiger partial charge in [-0.05, 0) is 26.0 Å². The molecule has 0 saturated carbocycles. The summed E-state index contributed by atoms with van der Waals surface area (Å²) in [6.45, 7) is 3.76. The van der Waals surface area contributed by atoms with E-state index >= 15 is 0 Å². The molecule has 0 bridgehead atoms. The molecule has 0 fully saturated rings. The molecule has 0 aliphatic rings. The molecule has 3 aromatic heterocycles. The van der Waals surface area contributed by atoms with Crippen molar-refractivity contribution in [3.8, 4) is 11.3 Å². The Hall–Kier alpha value is -2.43. The number of fused-ring (bicyclic) bond motifs is 1. The Bertz CT molecular complexity index is 815. The summed E-state index contributed by atoms with van der Waals surface area (Å²) in [5.74, 6) is 0.653.